The zero-order valence-corrected chi connectivity index (χ0v) is 11.5. The molecule has 2 aliphatic rings. The van der Waals surface area contributed by atoms with Gasteiger partial charge in [-0.2, -0.15) is 0 Å². The van der Waals surface area contributed by atoms with Crippen LogP contribution >= 0.6 is 0 Å². The zero-order chi connectivity index (χ0) is 13.3. The molecule has 1 fully saturated rings. The van der Waals surface area contributed by atoms with Gasteiger partial charge in [0.15, 0.2) is 0 Å². The van der Waals surface area contributed by atoms with Gasteiger partial charge in [-0.15, -0.1) is 0 Å². The maximum atomic E-state index is 12.6. The lowest BCUT2D eigenvalue weighted by atomic mass is 9.73. The van der Waals surface area contributed by atoms with E-state index in [-0.39, 0.29) is 11.5 Å². The van der Waals surface area contributed by atoms with Crippen molar-refractivity contribution < 1.29 is 9.53 Å². The van der Waals surface area contributed by atoms with Gasteiger partial charge in [-0.25, -0.2) is 0 Å². The number of carbonyl (C=O) groups excluding carboxylic acids is 1. The number of rotatable bonds is 4. The quantitative estimate of drug-likeness (QED) is 0.834. The molecule has 0 radical (unpaired) electrons. The largest absolute Gasteiger partial charge is 0.378 e. The average Bonchev–Trinajstić information content (AvgIpc) is 2.42. The summed E-state index contributed by atoms with van der Waals surface area (Å²) in [6, 6.07) is 4.07. The normalized spacial score (nSPS) is 24.4. The molecular weight excluding hydrogens is 238 g/mol. The lowest BCUT2D eigenvalue weighted by molar-refractivity contribution is -0.134. The number of methoxy groups -OCH3 is 1. The Bertz CT molecular complexity index is 474. The maximum absolute atomic E-state index is 12.6. The molecule has 1 atom stereocenters. The van der Waals surface area contributed by atoms with Crippen LogP contribution in [0.3, 0.4) is 0 Å². The smallest absolute Gasteiger partial charge is 0.144 e. The lowest BCUT2D eigenvalue weighted by Crippen LogP contribution is -2.42. The van der Waals surface area contributed by atoms with Crippen LogP contribution in [0, 0.1) is 0 Å². The second kappa shape index (κ2) is 5.04. The van der Waals surface area contributed by atoms with Crippen LogP contribution in [0.25, 0.3) is 0 Å². The zero-order valence-electron chi connectivity index (χ0n) is 11.5. The van der Waals surface area contributed by atoms with Crippen molar-refractivity contribution in [3.05, 3.63) is 29.6 Å². The highest BCUT2D eigenvalue weighted by atomic mass is 16.5. The van der Waals surface area contributed by atoms with Crippen LogP contribution < -0.4 is 0 Å². The summed E-state index contributed by atoms with van der Waals surface area (Å²) in [6.45, 7) is 0. The van der Waals surface area contributed by atoms with E-state index in [0.29, 0.717) is 12.2 Å². The molecule has 0 spiro atoms. The monoisotopic (exact) mass is 259 g/mol. The molecule has 0 amide bonds. The molecule has 1 aromatic rings. The predicted molar refractivity (Wildman–Crippen MR) is 73.1 cm³/mol. The number of ketones is 1. The van der Waals surface area contributed by atoms with Crippen molar-refractivity contribution in [2.24, 2.45) is 0 Å². The number of carbonyl (C=O) groups is 1. The third-order valence-electron chi connectivity index (χ3n) is 4.78. The summed E-state index contributed by atoms with van der Waals surface area (Å²) >= 11 is 0. The highest BCUT2D eigenvalue weighted by Gasteiger charge is 2.41. The fourth-order valence-corrected chi connectivity index (χ4v) is 3.39. The third-order valence-corrected chi connectivity index (χ3v) is 4.78. The summed E-state index contributed by atoms with van der Waals surface area (Å²) in [5.41, 5.74) is 2.11. The molecule has 2 aliphatic carbocycles. The molecule has 0 saturated heterocycles. The molecule has 19 heavy (non-hydrogen) atoms. The SMILES string of the molecule is COC1(CC(=O)C2CCCc3cccnc32)CCC1. The first-order valence-electron chi connectivity index (χ1n) is 7.26. The van der Waals surface area contributed by atoms with E-state index in [1.165, 1.54) is 12.0 Å². The Morgan fingerprint density at radius 2 is 2.32 bits per heavy atom. The van der Waals surface area contributed by atoms with Crippen molar-refractivity contribution in [1.29, 1.82) is 0 Å². The van der Waals surface area contributed by atoms with Gasteiger partial charge in [-0.05, 0) is 50.2 Å². The molecule has 102 valence electrons. The number of fused-ring (bicyclic) bond motifs is 1. The van der Waals surface area contributed by atoms with Crippen molar-refractivity contribution in [2.75, 3.05) is 7.11 Å². The first kappa shape index (κ1) is 12.8. The molecule has 0 aliphatic heterocycles. The van der Waals surface area contributed by atoms with Crippen molar-refractivity contribution in [2.45, 2.75) is 56.5 Å². The highest BCUT2D eigenvalue weighted by molar-refractivity contribution is 5.86. The third kappa shape index (κ3) is 2.32. The van der Waals surface area contributed by atoms with Gasteiger partial charge in [0.1, 0.15) is 5.78 Å². The average molecular weight is 259 g/mol. The van der Waals surface area contributed by atoms with Gasteiger partial charge in [0, 0.05) is 19.7 Å². The van der Waals surface area contributed by atoms with Crippen molar-refractivity contribution in [3.8, 4) is 0 Å². The fraction of sp³-hybridized carbons (Fsp3) is 0.625. The van der Waals surface area contributed by atoms with Gasteiger partial charge in [0.05, 0.1) is 17.2 Å². The van der Waals surface area contributed by atoms with E-state index in [9.17, 15) is 4.79 Å². The van der Waals surface area contributed by atoms with E-state index in [4.69, 9.17) is 4.74 Å². The first-order valence-corrected chi connectivity index (χ1v) is 7.26. The Morgan fingerprint density at radius 1 is 1.47 bits per heavy atom. The molecular formula is C16H21NO2. The minimum Gasteiger partial charge on any atom is -0.378 e. The van der Waals surface area contributed by atoms with Gasteiger partial charge in [0.2, 0.25) is 0 Å². The summed E-state index contributed by atoms with van der Waals surface area (Å²) in [5.74, 6) is 0.318. The molecule has 0 aromatic carbocycles. The van der Waals surface area contributed by atoms with Crippen LogP contribution in [-0.2, 0) is 16.0 Å². The van der Waals surface area contributed by atoms with Crippen LogP contribution in [0.5, 0.6) is 0 Å². The van der Waals surface area contributed by atoms with E-state index in [2.05, 4.69) is 11.1 Å². The molecule has 3 rings (SSSR count). The van der Waals surface area contributed by atoms with E-state index in [1.807, 2.05) is 6.07 Å². The molecule has 1 saturated carbocycles. The summed E-state index contributed by atoms with van der Waals surface area (Å²) in [6.07, 6.45) is 8.69. The second-order valence-corrected chi connectivity index (χ2v) is 5.88. The second-order valence-electron chi connectivity index (χ2n) is 5.88. The number of nitrogens with zero attached hydrogens (tertiary/aromatic N) is 1. The van der Waals surface area contributed by atoms with Crippen molar-refractivity contribution >= 4 is 5.78 Å². The summed E-state index contributed by atoms with van der Waals surface area (Å²) < 4.78 is 5.58. The van der Waals surface area contributed by atoms with Crippen LogP contribution in [0.4, 0.5) is 0 Å². The topological polar surface area (TPSA) is 39.2 Å². The molecule has 1 aromatic heterocycles. The standard InChI is InChI=1S/C16H21NO2/c1-19-16(8-4-9-16)11-14(18)13-7-2-5-12-6-3-10-17-15(12)13/h3,6,10,13H,2,4-5,7-9,11H2,1H3. The van der Waals surface area contributed by atoms with Gasteiger partial charge in [-0.3, -0.25) is 9.78 Å². The Labute approximate surface area is 114 Å². The summed E-state index contributed by atoms with van der Waals surface area (Å²) in [5, 5.41) is 0. The lowest BCUT2D eigenvalue weighted by Gasteiger charge is -2.41. The number of aryl methyl sites for hydroxylation is 1. The van der Waals surface area contributed by atoms with Crippen LogP contribution in [0.15, 0.2) is 18.3 Å². The number of hydrogen-bond donors (Lipinski definition) is 0. The molecule has 3 heteroatoms. The minimum absolute atomic E-state index is 0.00225. The summed E-state index contributed by atoms with van der Waals surface area (Å²) in [7, 11) is 1.74. The number of ether oxygens (including phenoxy) is 1. The number of Topliss-reactive ketones (excluding diaryl/α,β-unsaturated/α-hetero) is 1. The fourth-order valence-electron chi connectivity index (χ4n) is 3.39. The molecule has 1 heterocycles. The Morgan fingerprint density at radius 3 is 3.00 bits per heavy atom. The summed E-state index contributed by atoms with van der Waals surface area (Å²) in [4.78, 5) is 17.1. The number of pyridine rings is 1. The predicted octanol–water partition coefficient (Wildman–Crippen LogP) is 3.03. The first-order chi connectivity index (χ1) is 9.24. The van der Waals surface area contributed by atoms with Gasteiger partial charge in [-0.1, -0.05) is 6.07 Å². The van der Waals surface area contributed by atoms with Crippen molar-refractivity contribution in [3.63, 3.8) is 0 Å². The Kier molecular flexibility index (Phi) is 3.40. The molecule has 0 N–H and O–H groups in total. The van der Waals surface area contributed by atoms with Gasteiger partial charge in [0.25, 0.3) is 0 Å². The van der Waals surface area contributed by atoms with Crippen molar-refractivity contribution in [1.82, 2.24) is 4.98 Å². The van der Waals surface area contributed by atoms with E-state index >= 15 is 0 Å². The van der Waals surface area contributed by atoms with Gasteiger partial charge >= 0.3 is 0 Å². The highest BCUT2D eigenvalue weighted by Crippen LogP contribution is 2.41. The Balaban J connectivity index is 1.78. The minimum atomic E-state index is -0.163. The van der Waals surface area contributed by atoms with Gasteiger partial charge < -0.3 is 4.74 Å². The van der Waals surface area contributed by atoms with E-state index in [1.54, 1.807) is 13.3 Å². The van der Waals surface area contributed by atoms with Crippen LogP contribution in [0.2, 0.25) is 0 Å². The van der Waals surface area contributed by atoms with Crippen LogP contribution in [0.1, 0.15) is 55.7 Å². The molecule has 0 bridgehead atoms. The maximum Gasteiger partial charge on any atom is 0.144 e. The Hall–Kier alpha value is -1.22. The van der Waals surface area contributed by atoms with E-state index < -0.39 is 0 Å². The van der Waals surface area contributed by atoms with E-state index in [0.717, 1.165) is 37.8 Å². The number of hydrogen-bond acceptors (Lipinski definition) is 3. The molecule has 3 nitrogen and oxygen atoms in total. The molecule has 1 unspecified atom stereocenters. The van der Waals surface area contributed by atoms with Crippen LogP contribution in [-0.4, -0.2) is 23.5 Å². The number of aromatic nitrogens is 1.